The van der Waals surface area contributed by atoms with E-state index in [1.165, 1.54) is 11.1 Å². The lowest BCUT2D eigenvalue weighted by molar-refractivity contribution is -0.115. The summed E-state index contributed by atoms with van der Waals surface area (Å²) in [5, 5.41) is 6.48. The van der Waals surface area contributed by atoms with Crippen LogP contribution in [0, 0.1) is 0 Å². The summed E-state index contributed by atoms with van der Waals surface area (Å²) in [6.45, 7) is 6.49. The minimum Gasteiger partial charge on any atom is -0.493 e. The first-order valence-corrected chi connectivity index (χ1v) is 16.2. The molecule has 2 heterocycles. The van der Waals surface area contributed by atoms with E-state index < -0.39 is 0 Å². The third kappa shape index (κ3) is 7.50. The maximum atomic E-state index is 13.0. The highest BCUT2D eigenvalue weighted by atomic mass is 16.5. The van der Waals surface area contributed by atoms with Crippen molar-refractivity contribution in [1.82, 2.24) is 19.8 Å². The number of carbonyl (C=O) groups is 1. The number of anilines is 2. The summed E-state index contributed by atoms with van der Waals surface area (Å²) < 4.78 is 16.3. The molecule has 0 saturated carbocycles. The molecule has 2 N–H and O–H groups in total. The van der Waals surface area contributed by atoms with Crippen LogP contribution in [0.5, 0.6) is 17.2 Å². The van der Waals surface area contributed by atoms with Crippen LogP contribution in [-0.2, 0) is 17.6 Å². The van der Waals surface area contributed by atoms with Crippen molar-refractivity contribution in [1.29, 1.82) is 0 Å². The number of amides is 1. The van der Waals surface area contributed by atoms with Crippen molar-refractivity contribution in [3.8, 4) is 28.5 Å². The molecule has 1 unspecified atom stereocenters. The van der Waals surface area contributed by atoms with Gasteiger partial charge >= 0.3 is 0 Å². The van der Waals surface area contributed by atoms with Crippen molar-refractivity contribution in [2.24, 2.45) is 0 Å². The van der Waals surface area contributed by atoms with Gasteiger partial charge in [0.25, 0.3) is 0 Å². The lowest BCUT2D eigenvalue weighted by Crippen LogP contribution is -2.44. The van der Waals surface area contributed by atoms with Crippen molar-refractivity contribution in [2.45, 2.75) is 25.2 Å². The molecule has 1 aliphatic heterocycles. The number of methoxy groups -OCH3 is 3. The van der Waals surface area contributed by atoms with E-state index in [0.29, 0.717) is 23.2 Å². The highest BCUT2D eigenvalue weighted by Gasteiger charge is 2.27. The second kappa shape index (κ2) is 14.8. The summed E-state index contributed by atoms with van der Waals surface area (Å²) >= 11 is 0. The number of ether oxygens (including phenoxy) is 3. The molecule has 0 radical (unpaired) electrons. The number of nitrogens with one attached hydrogen (secondary N) is 2. The third-order valence-electron chi connectivity index (χ3n) is 9.10. The van der Waals surface area contributed by atoms with Gasteiger partial charge in [-0.25, -0.2) is 9.97 Å². The van der Waals surface area contributed by atoms with Gasteiger partial charge in [-0.1, -0.05) is 36.4 Å². The van der Waals surface area contributed by atoms with Crippen LogP contribution in [0.15, 0.2) is 66.9 Å². The molecule has 1 aromatic heterocycles. The molecule has 1 atom stereocenters. The number of rotatable bonds is 12. The van der Waals surface area contributed by atoms with Crippen LogP contribution in [0.1, 0.15) is 34.6 Å². The number of hydrogen-bond acceptors (Lipinski definition) is 9. The average molecular weight is 637 g/mol. The molecule has 1 fully saturated rings. The molecule has 6 rings (SSSR count). The quantitative estimate of drug-likeness (QED) is 0.206. The Kier molecular flexibility index (Phi) is 10.2. The van der Waals surface area contributed by atoms with E-state index in [1.807, 2.05) is 18.3 Å². The maximum absolute atomic E-state index is 13.0. The first kappa shape index (κ1) is 32.3. The minimum atomic E-state index is -0.134. The normalized spacial score (nSPS) is 16.1. The summed E-state index contributed by atoms with van der Waals surface area (Å²) in [5.41, 5.74) is 7.21. The Morgan fingerprint density at radius 1 is 0.936 bits per heavy atom. The van der Waals surface area contributed by atoms with E-state index in [0.717, 1.165) is 80.2 Å². The third-order valence-corrected chi connectivity index (χ3v) is 9.10. The van der Waals surface area contributed by atoms with Gasteiger partial charge in [0.15, 0.2) is 11.5 Å². The molecule has 1 amide bonds. The fraction of sp³-hybridized carbons (Fsp3) is 0.378. The predicted octanol–water partition coefficient (Wildman–Crippen LogP) is 5.09. The number of benzene rings is 3. The molecule has 4 aromatic rings. The first-order chi connectivity index (χ1) is 22.9. The molecule has 10 nitrogen and oxygen atoms in total. The summed E-state index contributed by atoms with van der Waals surface area (Å²) in [5.74, 6) is 2.24. The zero-order valence-electron chi connectivity index (χ0n) is 27.7. The van der Waals surface area contributed by atoms with Gasteiger partial charge in [-0.05, 0) is 73.0 Å². The molecule has 1 aliphatic carbocycles. The van der Waals surface area contributed by atoms with E-state index in [4.69, 9.17) is 19.2 Å². The molecule has 47 heavy (non-hydrogen) atoms. The van der Waals surface area contributed by atoms with Crippen LogP contribution < -0.4 is 24.8 Å². The van der Waals surface area contributed by atoms with Crippen molar-refractivity contribution < 1.29 is 19.0 Å². The van der Waals surface area contributed by atoms with Gasteiger partial charge in [0, 0.05) is 56.1 Å². The lowest BCUT2D eigenvalue weighted by atomic mass is 9.78. The fourth-order valence-corrected chi connectivity index (χ4v) is 6.52. The van der Waals surface area contributed by atoms with Crippen molar-refractivity contribution >= 4 is 17.5 Å². The smallest absolute Gasteiger partial charge is 0.228 e. The molecular weight excluding hydrogens is 592 g/mol. The van der Waals surface area contributed by atoms with E-state index in [9.17, 15) is 4.79 Å². The van der Waals surface area contributed by atoms with Gasteiger partial charge in [0.2, 0.25) is 17.6 Å². The Morgan fingerprint density at radius 3 is 2.36 bits per heavy atom. The van der Waals surface area contributed by atoms with E-state index in [-0.39, 0.29) is 18.2 Å². The summed E-state index contributed by atoms with van der Waals surface area (Å²) in [4.78, 5) is 27.6. The highest BCUT2D eigenvalue weighted by molar-refractivity contribution is 5.92. The standard InChI is InChI=1S/C37H44N6O4/c1-42-16-18-43(19-17-42)15-7-14-38-37-39-24-27-23-31(29-8-5-6-9-30(29)35(27)41-37)26-10-12-28(13-11-26)40-34(44)22-25-20-32(45-2)36(47-4)33(21-25)46-3/h5-6,8-13,20-21,24,31H,7,14-19,22-23H2,1-4H3,(H,40,44)(H,38,39,41). The monoisotopic (exact) mass is 636 g/mol. The van der Waals surface area contributed by atoms with E-state index in [2.05, 4.69) is 68.9 Å². The number of fused-ring (bicyclic) bond motifs is 3. The van der Waals surface area contributed by atoms with Gasteiger partial charge in [0.1, 0.15) is 0 Å². The fourth-order valence-electron chi connectivity index (χ4n) is 6.52. The van der Waals surface area contributed by atoms with Crippen LogP contribution >= 0.6 is 0 Å². The Hall–Kier alpha value is -4.67. The molecule has 1 saturated heterocycles. The minimum absolute atomic E-state index is 0.134. The van der Waals surface area contributed by atoms with Gasteiger partial charge in [-0.3, -0.25) is 4.79 Å². The number of carbonyl (C=O) groups excluding carboxylic acids is 1. The Bertz CT molecular complexity index is 1660. The second-order valence-corrected chi connectivity index (χ2v) is 12.2. The van der Waals surface area contributed by atoms with Crippen LogP contribution in [0.2, 0.25) is 0 Å². The van der Waals surface area contributed by atoms with Crippen molar-refractivity contribution in [3.63, 3.8) is 0 Å². The second-order valence-electron chi connectivity index (χ2n) is 12.2. The average Bonchev–Trinajstić information content (AvgIpc) is 3.10. The zero-order valence-corrected chi connectivity index (χ0v) is 27.7. The molecule has 2 aliphatic rings. The summed E-state index contributed by atoms with van der Waals surface area (Å²) in [6.07, 6.45) is 4.01. The Labute approximate surface area is 277 Å². The highest BCUT2D eigenvalue weighted by Crippen LogP contribution is 2.42. The summed E-state index contributed by atoms with van der Waals surface area (Å²) in [7, 11) is 6.87. The number of aromatic nitrogens is 2. The zero-order chi connectivity index (χ0) is 32.8. The number of piperazine rings is 1. The molecule has 10 heteroatoms. The van der Waals surface area contributed by atoms with Crippen molar-refractivity contribution in [2.75, 3.05) is 78.3 Å². The molecule has 246 valence electrons. The van der Waals surface area contributed by atoms with Crippen LogP contribution in [0.25, 0.3) is 11.3 Å². The molecule has 3 aromatic carbocycles. The largest absolute Gasteiger partial charge is 0.493 e. The maximum Gasteiger partial charge on any atom is 0.228 e. The van der Waals surface area contributed by atoms with Gasteiger partial charge in [0.05, 0.1) is 33.4 Å². The number of nitrogens with zero attached hydrogens (tertiary/aromatic N) is 4. The summed E-state index contributed by atoms with van der Waals surface area (Å²) in [6, 6.07) is 20.2. The molecule has 0 spiro atoms. The van der Waals surface area contributed by atoms with E-state index >= 15 is 0 Å². The van der Waals surface area contributed by atoms with Crippen LogP contribution in [0.4, 0.5) is 11.6 Å². The number of likely N-dealkylation sites (N-methyl/N-ethyl adjacent to an activating group) is 1. The Morgan fingerprint density at radius 2 is 1.66 bits per heavy atom. The first-order valence-electron chi connectivity index (χ1n) is 16.2. The molecular formula is C37H44N6O4. The Balaban J connectivity index is 1.09. The number of hydrogen-bond donors (Lipinski definition) is 2. The van der Waals surface area contributed by atoms with Gasteiger partial charge in [-0.2, -0.15) is 0 Å². The van der Waals surface area contributed by atoms with Crippen LogP contribution in [-0.4, -0.2) is 93.3 Å². The van der Waals surface area contributed by atoms with Crippen LogP contribution in [0.3, 0.4) is 0 Å². The SMILES string of the molecule is COc1cc(CC(=O)Nc2ccc(C3Cc4cnc(NCCCN5CCN(C)CC5)nc4-c4ccccc43)cc2)cc(OC)c1OC. The lowest BCUT2D eigenvalue weighted by Gasteiger charge is -2.32. The van der Waals surface area contributed by atoms with E-state index in [1.54, 1.807) is 33.5 Å². The van der Waals surface area contributed by atoms with Crippen molar-refractivity contribution in [3.05, 3.63) is 89.1 Å². The van der Waals surface area contributed by atoms with Gasteiger partial charge < -0.3 is 34.6 Å². The topological polar surface area (TPSA) is 101 Å². The molecule has 0 bridgehead atoms. The van der Waals surface area contributed by atoms with Gasteiger partial charge in [-0.15, -0.1) is 0 Å². The predicted molar refractivity (Wildman–Crippen MR) is 185 cm³/mol.